The lowest BCUT2D eigenvalue weighted by Crippen LogP contribution is -2.47. The number of nitrogens with zero attached hydrogens (tertiary/aromatic N) is 3. The highest BCUT2D eigenvalue weighted by molar-refractivity contribution is 5.53. The molecule has 1 fully saturated rings. The Morgan fingerprint density at radius 1 is 0.879 bits per heavy atom. The van der Waals surface area contributed by atoms with Crippen molar-refractivity contribution in [1.82, 2.24) is 15.3 Å². The lowest BCUT2D eigenvalue weighted by molar-refractivity contribution is 0.273. The number of aromatic nitrogens is 2. The molecule has 0 saturated heterocycles. The Bertz CT molecular complexity index is 986. The molecule has 180 valence electrons. The van der Waals surface area contributed by atoms with Crippen LogP contribution in [0, 0.1) is 20.8 Å². The minimum absolute atomic E-state index is 0.0321. The first-order chi connectivity index (χ1) is 15.7. The van der Waals surface area contributed by atoms with Gasteiger partial charge < -0.3 is 15.5 Å². The van der Waals surface area contributed by atoms with Crippen LogP contribution >= 0.6 is 0 Å². The largest absolute Gasteiger partial charge is 0.362 e. The normalized spacial score (nSPS) is 20.9. The maximum atomic E-state index is 4.93. The second kappa shape index (κ2) is 9.61. The number of rotatable bonds is 6. The standard InChI is InChI=1S/C28H43N5/c1-18-12-17-24(20(3)19(18)2)28(4,5)32-22-15-13-21(14-16-22)29-27-30-25-11-9-8-10-23(25)26(31-27)33(6)7/h12,17,21-22,32H,8-11,13-16H2,1-7H3,(H,29,30,31)/t21-,22+. The quantitative estimate of drug-likeness (QED) is 0.602. The number of nitrogens with one attached hydrogen (secondary N) is 2. The SMILES string of the molecule is Cc1ccc(C(C)(C)N[C@H]2CC[C@@H](Nc3nc4c(c(N(C)C)n3)CCCC4)CC2)c(C)c1C. The minimum Gasteiger partial charge on any atom is -0.362 e. The van der Waals surface area contributed by atoms with Gasteiger partial charge in [0.25, 0.3) is 0 Å². The van der Waals surface area contributed by atoms with Crippen molar-refractivity contribution in [3.63, 3.8) is 0 Å². The van der Waals surface area contributed by atoms with Gasteiger partial charge in [-0.1, -0.05) is 12.1 Å². The number of aryl methyl sites for hydroxylation is 2. The third kappa shape index (κ3) is 5.18. The summed E-state index contributed by atoms with van der Waals surface area (Å²) in [6.45, 7) is 11.4. The summed E-state index contributed by atoms with van der Waals surface area (Å²) in [6, 6.07) is 5.57. The monoisotopic (exact) mass is 449 g/mol. The fourth-order valence-electron chi connectivity index (χ4n) is 5.79. The number of hydrogen-bond donors (Lipinski definition) is 2. The van der Waals surface area contributed by atoms with E-state index in [0.717, 1.165) is 37.4 Å². The van der Waals surface area contributed by atoms with E-state index in [-0.39, 0.29) is 5.54 Å². The van der Waals surface area contributed by atoms with Crippen molar-refractivity contribution in [2.24, 2.45) is 0 Å². The fourth-order valence-corrected chi connectivity index (χ4v) is 5.79. The van der Waals surface area contributed by atoms with Gasteiger partial charge in [-0.05, 0) is 108 Å². The van der Waals surface area contributed by atoms with E-state index < -0.39 is 0 Å². The average molecular weight is 450 g/mol. The van der Waals surface area contributed by atoms with Crippen LogP contribution in [0.2, 0.25) is 0 Å². The Hall–Kier alpha value is -2.14. The number of fused-ring (bicyclic) bond motifs is 1. The van der Waals surface area contributed by atoms with Crippen LogP contribution in [-0.2, 0) is 18.4 Å². The predicted octanol–water partition coefficient (Wildman–Crippen LogP) is 5.59. The molecule has 0 bridgehead atoms. The summed E-state index contributed by atoms with van der Waals surface area (Å²) in [6.07, 6.45) is 9.33. The van der Waals surface area contributed by atoms with E-state index in [1.807, 2.05) is 0 Å². The predicted molar refractivity (Wildman–Crippen MR) is 139 cm³/mol. The van der Waals surface area contributed by atoms with Gasteiger partial charge in [0, 0.05) is 37.3 Å². The van der Waals surface area contributed by atoms with Gasteiger partial charge in [0.1, 0.15) is 5.82 Å². The summed E-state index contributed by atoms with van der Waals surface area (Å²) < 4.78 is 0. The number of anilines is 2. The minimum atomic E-state index is -0.0321. The van der Waals surface area contributed by atoms with Crippen molar-refractivity contribution in [3.8, 4) is 0 Å². The molecule has 5 nitrogen and oxygen atoms in total. The topological polar surface area (TPSA) is 53.1 Å². The first-order valence-corrected chi connectivity index (χ1v) is 12.8. The van der Waals surface area contributed by atoms with Gasteiger partial charge in [0.2, 0.25) is 5.95 Å². The van der Waals surface area contributed by atoms with E-state index in [2.05, 4.69) is 76.4 Å². The van der Waals surface area contributed by atoms with Crippen LogP contribution < -0.4 is 15.5 Å². The first kappa shape index (κ1) is 24.0. The molecule has 2 aromatic rings. The van der Waals surface area contributed by atoms with Gasteiger partial charge in [-0.25, -0.2) is 4.98 Å². The molecule has 4 rings (SSSR count). The zero-order valence-corrected chi connectivity index (χ0v) is 21.8. The van der Waals surface area contributed by atoms with Crippen molar-refractivity contribution >= 4 is 11.8 Å². The maximum absolute atomic E-state index is 4.93. The molecule has 2 aliphatic rings. The van der Waals surface area contributed by atoms with Crippen LogP contribution in [0.4, 0.5) is 11.8 Å². The van der Waals surface area contributed by atoms with E-state index in [4.69, 9.17) is 9.97 Å². The zero-order chi connectivity index (χ0) is 23.8. The van der Waals surface area contributed by atoms with Gasteiger partial charge in [0.05, 0.1) is 5.69 Å². The molecule has 2 N–H and O–H groups in total. The van der Waals surface area contributed by atoms with Crippen molar-refractivity contribution in [1.29, 1.82) is 0 Å². The molecule has 0 radical (unpaired) electrons. The Kier molecular flexibility index (Phi) is 6.99. The van der Waals surface area contributed by atoms with Crippen molar-refractivity contribution in [2.45, 2.75) is 104 Å². The molecule has 0 unspecified atom stereocenters. The molecule has 1 heterocycles. The molecular weight excluding hydrogens is 406 g/mol. The Balaban J connectivity index is 1.39. The Labute approximate surface area is 200 Å². The molecule has 2 aliphatic carbocycles. The van der Waals surface area contributed by atoms with Gasteiger partial charge in [-0.15, -0.1) is 0 Å². The lowest BCUT2D eigenvalue weighted by Gasteiger charge is -2.38. The first-order valence-electron chi connectivity index (χ1n) is 12.8. The molecule has 0 atom stereocenters. The summed E-state index contributed by atoms with van der Waals surface area (Å²) in [7, 11) is 4.19. The molecule has 1 aromatic carbocycles. The highest BCUT2D eigenvalue weighted by atomic mass is 15.2. The second-order valence-electron chi connectivity index (χ2n) is 11.0. The summed E-state index contributed by atoms with van der Waals surface area (Å²) in [5.74, 6) is 1.92. The summed E-state index contributed by atoms with van der Waals surface area (Å²) in [4.78, 5) is 12.0. The second-order valence-corrected chi connectivity index (χ2v) is 11.0. The van der Waals surface area contributed by atoms with Crippen LogP contribution in [0.3, 0.4) is 0 Å². The van der Waals surface area contributed by atoms with Crippen LogP contribution in [0.25, 0.3) is 0 Å². The van der Waals surface area contributed by atoms with Gasteiger partial charge >= 0.3 is 0 Å². The summed E-state index contributed by atoms with van der Waals surface area (Å²) in [5.41, 5.74) is 8.21. The molecule has 0 aliphatic heterocycles. The molecule has 5 heteroatoms. The van der Waals surface area contributed by atoms with Crippen molar-refractivity contribution in [2.75, 3.05) is 24.3 Å². The highest BCUT2D eigenvalue weighted by Crippen LogP contribution is 2.32. The molecular formula is C28H43N5. The van der Waals surface area contributed by atoms with Gasteiger partial charge in [-0.2, -0.15) is 4.98 Å². The Morgan fingerprint density at radius 2 is 1.55 bits per heavy atom. The lowest BCUT2D eigenvalue weighted by atomic mass is 9.84. The van der Waals surface area contributed by atoms with E-state index >= 15 is 0 Å². The molecule has 33 heavy (non-hydrogen) atoms. The summed E-state index contributed by atoms with van der Waals surface area (Å²) >= 11 is 0. The summed E-state index contributed by atoms with van der Waals surface area (Å²) in [5, 5.41) is 7.67. The van der Waals surface area contributed by atoms with Gasteiger partial charge in [-0.3, -0.25) is 0 Å². The third-order valence-corrected chi connectivity index (χ3v) is 7.94. The van der Waals surface area contributed by atoms with Gasteiger partial charge in [0.15, 0.2) is 0 Å². The smallest absolute Gasteiger partial charge is 0.225 e. The molecule has 0 amide bonds. The molecule has 0 spiro atoms. The Morgan fingerprint density at radius 3 is 2.24 bits per heavy atom. The van der Waals surface area contributed by atoms with Crippen LogP contribution in [-0.4, -0.2) is 36.1 Å². The van der Waals surface area contributed by atoms with E-state index in [0.29, 0.717) is 12.1 Å². The van der Waals surface area contributed by atoms with Crippen LogP contribution in [0.15, 0.2) is 12.1 Å². The van der Waals surface area contributed by atoms with E-state index in [1.165, 1.54) is 59.2 Å². The number of hydrogen-bond acceptors (Lipinski definition) is 5. The van der Waals surface area contributed by atoms with Crippen LogP contribution in [0.5, 0.6) is 0 Å². The van der Waals surface area contributed by atoms with E-state index in [1.54, 1.807) is 0 Å². The third-order valence-electron chi connectivity index (χ3n) is 7.94. The number of benzene rings is 1. The van der Waals surface area contributed by atoms with Crippen LogP contribution in [0.1, 0.15) is 85.9 Å². The molecule has 1 saturated carbocycles. The average Bonchev–Trinajstić information content (AvgIpc) is 2.78. The fraction of sp³-hybridized carbons (Fsp3) is 0.643. The van der Waals surface area contributed by atoms with Crippen molar-refractivity contribution in [3.05, 3.63) is 45.6 Å². The highest BCUT2D eigenvalue weighted by Gasteiger charge is 2.30. The van der Waals surface area contributed by atoms with E-state index in [9.17, 15) is 0 Å². The maximum Gasteiger partial charge on any atom is 0.225 e. The molecule has 1 aromatic heterocycles. The van der Waals surface area contributed by atoms with Crippen molar-refractivity contribution < 1.29 is 0 Å². The zero-order valence-electron chi connectivity index (χ0n) is 21.8.